The van der Waals surface area contributed by atoms with E-state index in [4.69, 9.17) is 5.26 Å². The summed E-state index contributed by atoms with van der Waals surface area (Å²) in [6.07, 6.45) is 0.717. The molecule has 1 fully saturated rings. The summed E-state index contributed by atoms with van der Waals surface area (Å²) in [5.41, 5.74) is 1.22. The Morgan fingerprint density at radius 1 is 1.38 bits per heavy atom. The highest BCUT2D eigenvalue weighted by molar-refractivity contribution is 7.91. The number of hydrogen-bond donors (Lipinski definition) is 2. The van der Waals surface area contributed by atoms with Gasteiger partial charge in [0.15, 0.2) is 9.84 Å². The van der Waals surface area contributed by atoms with Crippen molar-refractivity contribution in [2.75, 3.05) is 23.4 Å². The molecular formula is C14H17N3O3S. The molecule has 0 spiro atoms. The fraction of sp³-hybridized carbons (Fsp3) is 0.429. The normalized spacial score (nSPS) is 19.7. The van der Waals surface area contributed by atoms with E-state index in [1.165, 1.54) is 0 Å². The van der Waals surface area contributed by atoms with Gasteiger partial charge >= 0.3 is 0 Å². The van der Waals surface area contributed by atoms with E-state index in [1.54, 1.807) is 18.2 Å². The number of para-hydroxylation sites is 1. The molecule has 0 bridgehead atoms. The van der Waals surface area contributed by atoms with E-state index < -0.39 is 9.84 Å². The van der Waals surface area contributed by atoms with Crippen molar-refractivity contribution in [1.82, 2.24) is 5.32 Å². The van der Waals surface area contributed by atoms with E-state index >= 15 is 0 Å². The second kappa shape index (κ2) is 6.59. The highest BCUT2D eigenvalue weighted by Crippen LogP contribution is 2.13. The van der Waals surface area contributed by atoms with Gasteiger partial charge < -0.3 is 10.6 Å². The number of nitrogens with one attached hydrogen (secondary N) is 2. The lowest BCUT2D eigenvalue weighted by Crippen LogP contribution is -2.36. The van der Waals surface area contributed by atoms with Gasteiger partial charge in [0.05, 0.1) is 22.8 Å². The summed E-state index contributed by atoms with van der Waals surface area (Å²) in [6, 6.07) is 8.87. The van der Waals surface area contributed by atoms with Crippen LogP contribution in [-0.4, -0.2) is 38.4 Å². The van der Waals surface area contributed by atoms with E-state index in [1.807, 2.05) is 6.07 Å². The lowest BCUT2D eigenvalue weighted by Gasteiger charge is -2.12. The average Bonchev–Trinajstić information content (AvgIpc) is 2.78. The summed E-state index contributed by atoms with van der Waals surface area (Å²) in [6.45, 7) is 0.393. The minimum atomic E-state index is -2.98. The van der Waals surface area contributed by atoms with Crippen LogP contribution in [0.3, 0.4) is 0 Å². The first-order valence-electron chi connectivity index (χ1n) is 6.73. The number of anilines is 1. The van der Waals surface area contributed by atoms with Crippen LogP contribution in [0.4, 0.5) is 5.69 Å². The van der Waals surface area contributed by atoms with Gasteiger partial charge in [-0.1, -0.05) is 12.1 Å². The van der Waals surface area contributed by atoms with Gasteiger partial charge in [0, 0.05) is 19.0 Å². The average molecular weight is 307 g/mol. The van der Waals surface area contributed by atoms with Crippen LogP contribution in [0, 0.1) is 11.3 Å². The Morgan fingerprint density at radius 3 is 2.81 bits per heavy atom. The van der Waals surface area contributed by atoms with Gasteiger partial charge in [-0.05, 0) is 18.6 Å². The largest absolute Gasteiger partial charge is 0.383 e. The highest BCUT2D eigenvalue weighted by Gasteiger charge is 2.28. The summed E-state index contributed by atoms with van der Waals surface area (Å²) in [5.74, 6) is -0.00568. The number of amides is 1. The molecule has 7 heteroatoms. The molecule has 1 aliphatic rings. The number of sulfone groups is 1. The van der Waals surface area contributed by atoms with E-state index in [0.29, 0.717) is 24.2 Å². The second-order valence-electron chi connectivity index (χ2n) is 5.00. The van der Waals surface area contributed by atoms with Gasteiger partial charge in [-0.25, -0.2) is 8.42 Å². The molecule has 1 unspecified atom stereocenters. The predicted octanol–water partition coefficient (Wildman–Crippen LogP) is 0.664. The van der Waals surface area contributed by atoms with Crippen LogP contribution < -0.4 is 10.6 Å². The summed E-state index contributed by atoms with van der Waals surface area (Å²) in [4.78, 5) is 11.7. The van der Waals surface area contributed by atoms with Crippen molar-refractivity contribution in [3.05, 3.63) is 29.8 Å². The third kappa shape index (κ3) is 4.46. The first-order valence-corrected chi connectivity index (χ1v) is 8.55. The quantitative estimate of drug-likeness (QED) is 0.832. The second-order valence-corrected chi connectivity index (χ2v) is 7.23. The van der Waals surface area contributed by atoms with Crippen molar-refractivity contribution in [2.45, 2.75) is 18.9 Å². The van der Waals surface area contributed by atoms with Crippen LogP contribution in [0.2, 0.25) is 0 Å². The number of benzene rings is 1. The number of rotatable bonds is 5. The maximum Gasteiger partial charge on any atom is 0.222 e. The Balaban J connectivity index is 1.76. The number of carbonyl (C=O) groups excluding carboxylic acids is 1. The van der Waals surface area contributed by atoms with Gasteiger partial charge in [0.25, 0.3) is 0 Å². The van der Waals surface area contributed by atoms with Gasteiger partial charge in [-0.3, -0.25) is 4.79 Å². The number of nitrogens with zero attached hydrogens (tertiary/aromatic N) is 1. The Hall–Kier alpha value is -2.07. The van der Waals surface area contributed by atoms with Crippen LogP contribution in [0.5, 0.6) is 0 Å². The number of hydrogen-bond acceptors (Lipinski definition) is 5. The standard InChI is InChI=1S/C14H17N3O3S/c15-9-11-3-1-2-4-13(11)16-7-5-14(18)17-12-6-8-21(19,20)10-12/h1-4,12,16H,5-8,10H2,(H,17,18). The molecule has 2 rings (SSSR count). The summed E-state index contributed by atoms with van der Waals surface area (Å²) >= 11 is 0. The van der Waals surface area contributed by atoms with E-state index in [9.17, 15) is 13.2 Å². The Bertz CT molecular complexity index is 664. The van der Waals surface area contributed by atoms with Crippen molar-refractivity contribution in [1.29, 1.82) is 5.26 Å². The van der Waals surface area contributed by atoms with Gasteiger partial charge in [-0.15, -0.1) is 0 Å². The highest BCUT2D eigenvalue weighted by atomic mass is 32.2. The summed E-state index contributed by atoms with van der Waals surface area (Å²) in [5, 5.41) is 14.7. The number of carbonyl (C=O) groups is 1. The zero-order chi connectivity index (χ0) is 15.3. The topological polar surface area (TPSA) is 99.1 Å². The molecule has 1 amide bonds. The van der Waals surface area contributed by atoms with E-state index in [0.717, 1.165) is 0 Å². The molecule has 0 saturated carbocycles. The van der Waals surface area contributed by atoms with E-state index in [2.05, 4.69) is 16.7 Å². The fourth-order valence-electron chi connectivity index (χ4n) is 2.25. The molecule has 0 aromatic heterocycles. The molecule has 2 N–H and O–H groups in total. The van der Waals surface area contributed by atoms with Crippen molar-refractivity contribution >= 4 is 21.4 Å². The molecular weight excluding hydrogens is 290 g/mol. The third-order valence-corrected chi connectivity index (χ3v) is 5.08. The first-order chi connectivity index (χ1) is 10.00. The zero-order valence-electron chi connectivity index (χ0n) is 11.5. The minimum absolute atomic E-state index is 0.0312. The molecule has 1 aromatic rings. The molecule has 0 radical (unpaired) electrons. The van der Waals surface area contributed by atoms with Crippen LogP contribution in [0.15, 0.2) is 24.3 Å². The van der Waals surface area contributed by atoms with Crippen molar-refractivity contribution in [2.24, 2.45) is 0 Å². The van der Waals surface area contributed by atoms with Crippen LogP contribution in [0.25, 0.3) is 0 Å². The lowest BCUT2D eigenvalue weighted by molar-refractivity contribution is -0.121. The smallest absolute Gasteiger partial charge is 0.222 e. The molecule has 1 saturated heterocycles. The predicted molar refractivity (Wildman–Crippen MR) is 79.5 cm³/mol. The van der Waals surface area contributed by atoms with Gasteiger partial charge in [-0.2, -0.15) is 5.26 Å². The molecule has 1 heterocycles. The van der Waals surface area contributed by atoms with Crippen molar-refractivity contribution in [3.8, 4) is 6.07 Å². The Kier molecular flexibility index (Phi) is 4.81. The molecule has 6 nitrogen and oxygen atoms in total. The Labute approximate surface area is 124 Å². The maximum absolute atomic E-state index is 11.7. The molecule has 0 aliphatic carbocycles. The lowest BCUT2D eigenvalue weighted by atomic mass is 10.2. The molecule has 112 valence electrons. The molecule has 1 atom stereocenters. The van der Waals surface area contributed by atoms with Crippen molar-refractivity contribution < 1.29 is 13.2 Å². The molecule has 1 aliphatic heterocycles. The molecule has 21 heavy (non-hydrogen) atoms. The van der Waals surface area contributed by atoms with Gasteiger partial charge in [0.2, 0.25) is 5.91 Å². The summed E-state index contributed by atoms with van der Waals surface area (Å²) < 4.78 is 22.6. The summed E-state index contributed by atoms with van der Waals surface area (Å²) in [7, 11) is -2.98. The van der Waals surface area contributed by atoms with Crippen LogP contribution >= 0.6 is 0 Å². The number of nitriles is 1. The van der Waals surface area contributed by atoms with E-state index in [-0.39, 0.29) is 29.9 Å². The van der Waals surface area contributed by atoms with Crippen molar-refractivity contribution in [3.63, 3.8) is 0 Å². The monoisotopic (exact) mass is 307 g/mol. The van der Waals surface area contributed by atoms with Crippen LogP contribution in [-0.2, 0) is 14.6 Å². The van der Waals surface area contributed by atoms with Gasteiger partial charge in [0.1, 0.15) is 6.07 Å². The first kappa shape index (κ1) is 15.3. The fourth-order valence-corrected chi connectivity index (χ4v) is 3.93. The van der Waals surface area contributed by atoms with Crippen LogP contribution in [0.1, 0.15) is 18.4 Å². The zero-order valence-corrected chi connectivity index (χ0v) is 12.3. The minimum Gasteiger partial charge on any atom is -0.383 e. The SMILES string of the molecule is N#Cc1ccccc1NCCC(=O)NC1CCS(=O)(=O)C1. The maximum atomic E-state index is 11.7. The molecule has 1 aromatic carbocycles. The Morgan fingerprint density at radius 2 is 2.14 bits per heavy atom. The third-order valence-electron chi connectivity index (χ3n) is 3.31.